The molecular formula is C19H19N5O5. The first-order valence-corrected chi connectivity index (χ1v) is 8.83. The Bertz CT molecular complexity index is 1090. The summed E-state index contributed by atoms with van der Waals surface area (Å²) >= 11 is 0. The molecule has 0 aliphatic carbocycles. The monoisotopic (exact) mass is 397 g/mol. The number of ether oxygens (including phenoxy) is 2. The Kier molecular flexibility index (Phi) is 5.82. The van der Waals surface area contributed by atoms with E-state index in [4.69, 9.17) is 9.47 Å². The van der Waals surface area contributed by atoms with Gasteiger partial charge >= 0.3 is 11.9 Å². The van der Waals surface area contributed by atoms with Crippen molar-refractivity contribution >= 4 is 29.3 Å². The summed E-state index contributed by atoms with van der Waals surface area (Å²) in [7, 11) is 0. The topological polar surface area (TPSA) is 125 Å². The van der Waals surface area contributed by atoms with E-state index in [1.807, 2.05) is 0 Å². The van der Waals surface area contributed by atoms with Crippen LogP contribution in [0.4, 0.5) is 5.69 Å². The predicted octanol–water partition coefficient (Wildman–Crippen LogP) is 1.71. The van der Waals surface area contributed by atoms with Crippen LogP contribution in [0.15, 0.2) is 30.3 Å². The summed E-state index contributed by atoms with van der Waals surface area (Å²) in [6.07, 6.45) is 0. The normalized spacial score (nSPS) is 10.6. The lowest BCUT2D eigenvalue weighted by atomic mass is 10.2. The fourth-order valence-electron chi connectivity index (χ4n) is 2.61. The molecular weight excluding hydrogens is 378 g/mol. The maximum atomic E-state index is 12.2. The van der Waals surface area contributed by atoms with Gasteiger partial charge < -0.3 is 14.8 Å². The molecule has 10 nitrogen and oxygen atoms in total. The molecule has 29 heavy (non-hydrogen) atoms. The summed E-state index contributed by atoms with van der Waals surface area (Å²) in [6, 6.07) is 8.17. The lowest BCUT2D eigenvalue weighted by Crippen LogP contribution is -2.22. The summed E-state index contributed by atoms with van der Waals surface area (Å²) in [5.74, 6) is -1.98. The first kappa shape index (κ1) is 19.9. The van der Waals surface area contributed by atoms with Crippen molar-refractivity contribution in [1.82, 2.24) is 19.6 Å². The van der Waals surface area contributed by atoms with E-state index in [1.54, 1.807) is 45.0 Å². The maximum absolute atomic E-state index is 12.2. The molecule has 0 unspecified atom stereocenters. The van der Waals surface area contributed by atoms with Gasteiger partial charge in [0.15, 0.2) is 6.61 Å². The zero-order valence-electron chi connectivity index (χ0n) is 16.1. The van der Waals surface area contributed by atoms with Crippen LogP contribution < -0.4 is 5.32 Å². The van der Waals surface area contributed by atoms with E-state index in [2.05, 4.69) is 20.4 Å². The molecule has 0 aliphatic rings. The standard InChI is InChI=1S/C19H19N5O5/c1-4-28-17(26)13-7-5-6-8-14(13)21-15(25)10-29-18(27)16-22-19-20-11(2)9-12(3)24(19)23-16/h5-9H,4,10H2,1-3H3,(H,21,25). The first-order chi connectivity index (χ1) is 13.9. The minimum atomic E-state index is -0.860. The number of hydrogen-bond acceptors (Lipinski definition) is 8. The quantitative estimate of drug-likeness (QED) is 0.623. The van der Waals surface area contributed by atoms with Crippen molar-refractivity contribution in [2.45, 2.75) is 20.8 Å². The van der Waals surface area contributed by atoms with Crippen molar-refractivity contribution in [2.75, 3.05) is 18.5 Å². The van der Waals surface area contributed by atoms with Gasteiger partial charge in [0, 0.05) is 11.4 Å². The summed E-state index contributed by atoms with van der Waals surface area (Å²) in [6.45, 7) is 4.93. The molecule has 0 atom stereocenters. The highest BCUT2D eigenvalue weighted by Crippen LogP contribution is 2.16. The van der Waals surface area contributed by atoms with Crippen molar-refractivity contribution in [1.29, 1.82) is 0 Å². The lowest BCUT2D eigenvalue weighted by Gasteiger charge is -2.10. The van der Waals surface area contributed by atoms with Gasteiger partial charge in [-0.2, -0.15) is 4.98 Å². The van der Waals surface area contributed by atoms with Crippen molar-refractivity contribution in [3.8, 4) is 0 Å². The van der Waals surface area contributed by atoms with Crippen LogP contribution in [-0.2, 0) is 14.3 Å². The van der Waals surface area contributed by atoms with Gasteiger partial charge in [-0.25, -0.2) is 19.1 Å². The Morgan fingerprint density at radius 1 is 1.07 bits per heavy atom. The molecule has 3 aromatic rings. The summed E-state index contributed by atoms with van der Waals surface area (Å²) in [5.41, 5.74) is 1.95. The van der Waals surface area contributed by atoms with Crippen LogP contribution >= 0.6 is 0 Å². The molecule has 0 saturated heterocycles. The van der Waals surface area contributed by atoms with E-state index in [0.29, 0.717) is 0 Å². The number of fused-ring (bicyclic) bond motifs is 1. The number of esters is 2. The fourth-order valence-corrected chi connectivity index (χ4v) is 2.61. The molecule has 0 radical (unpaired) electrons. The van der Waals surface area contributed by atoms with E-state index < -0.39 is 24.5 Å². The summed E-state index contributed by atoms with van der Waals surface area (Å²) in [5, 5.41) is 6.57. The number of hydrogen-bond donors (Lipinski definition) is 1. The number of anilines is 1. The van der Waals surface area contributed by atoms with Gasteiger partial charge in [0.2, 0.25) is 0 Å². The predicted molar refractivity (Wildman–Crippen MR) is 102 cm³/mol. The van der Waals surface area contributed by atoms with Crippen molar-refractivity contribution < 1.29 is 23.9 Å². The van der Waals surface area contributed by atoms with Gasteiger partial charge in [-0.05, 0) is 39.0 Å². The number of amides is 1. The molecule has 3 rings (SSSR count). The van der Waals surface area contributed by atoms with E-state index in [0.717, 1.165) is 11.4 Å². The van der Waals surface area contributed by atoms with Gasteiger partial charge in [0.1, 0.15) is 0 Å². The van der Waals surface area contributed by atoms with Crippen LogP contribution in [0.5, 0.6) is 0 Å². The third kappa shape index (κ3) is 4.54. The Labute approximate surface area is 165 Å². The number of aromatic nitrogens is 4. The highest BCUT2D eigenvalue weighted by molar-refractivity contribution is 6.02. The average molecular weight is 397 g/mol. The number of nitrogens with one attached hydrogen (secondary N) is 1. The second kappa shape index (κ2) is 8.46. The number of aryl methyl sites for hydroxylation is 2. The minimum absolute atomic E-state index is 0.202. The molecule has 0 saturated carbocycles. The van der Waals surface area contributed by atoms with Crippen molar-refractivity contribution in [3.05, 3.63) is 53.1 Å². The molecule has 0 bridgehead atoms. The minimum Gasteiger partial charge on any atom is -0.462 e. The van der Waals surface area contributed by atoms with E-state index in [9.17, 15) is 14.4 Å². The molecule has 1 aromatic carbocycles. The van der Waals surface area contributed by atoms with Gasteiger partial charge in [-0.1, -0.05) is 12.1 Å². The smallest absolute Gasteiger partial charge is 0.378 e. The molecule has 10 heteroatoms. The van der Waals surface area contributed by atoms with Gasteiger partial charge in [-0.3, -0.25) is 4.79 Å². The van der Waals surface area contributed by atoms with Crippen LogP contribution in [0, 0.1) is 13.8 Å². The summed E-state index contributed by atoms with van der Waals surface area (Å²) in [4.78, 5) is 44.5. The number of nitrogens with zero attached hydrogens (tertiary/aromatic N) is 4. The van der Waals surface area contributed by atoms with Gasteiger partial charge in [0.25, 0.3) is 17.5 Å². The molecule has 0 fully saturated rings. The SMILES string of the molecule is CCOC(=O)c1ccccc1NC(=O)COC(=O)c1nc2nc(C)cc(C)n2n1. The zero-order chi connectivity index (χ0) is 21.0. The van der Waals surface area contributed by atoms with Crippen LogP contribution in [0.1, 0.15) is 39.3 Å². The second-order valence-corrected chi connectivity index (χ2v) is 6.08. The van der Waals surface area contributed by atoms with Crippen LogP contribution in [0.3, 0.4) is 0 Å². The molecule has 1 N–H and O–H groups in total. The largest absolute Gasteiger partial charge is 0.462 e. The number of carbonyl (C=O) groups is 3. The number of carbonyl (C=O) groups excluding carboxylic acids is 3. The molecule has 2 heterocycles. The average Bonchev–Trinajstić information content (AvgIpc) is 3.11. The Morgan fingerprint density at radius 2 is 1.83 bits per heavy atom. The van der Waals surface area contributed by atoms with E-state index in [-0.39, 0.29) is 29.5 Å². The van der Waals surface area contributed by atoms with E-state index >= 15 is 0 Å². The van der Waals surface area contributed by atoms with Crippen molar-refractivity contribution in [3.63, 3.8) is 0 Å². The van der Waals surface area contributed by atoms with E-state index in [1.165, 1.54) is 10.6 Å². The first-order valence-electron chi connectivity index (χ1n) is 8.83. The molecule has 0 spiro atoms. The number of benzene rings is 1. The number of rotatable bonds is 6. The molecule has 150 valence electrons. The van der Waals surface area contributed by atoms with Crippen LogP contribution in [-0.4, -0.2) is 50.6 Å². The van der Waals surface area contributed by atoms with Crippen LogP contribution in [0.2, 0.25) is 0 Å². The van der Waals surface area contributed by atoms with Crippen molar-refractivity contribution in [2.24, 2.45) is 0 Å². The zero-order valence-corrected chi connectivity index (χ0v) is 16.1. The second-order valence-electron chi connectivity index (χ2n) is 6.08. The lowest BCUT2D eigenvalue weighted by molar-refractivity contribution is -0.119. The Hall–Kier alpha value is -3.82. The molecule has 1 amide bonds. The molecule has 2 aromatic heterocycles. The highest BCUT2D eigenvalue weighted by Gasteiger charge is 2.19. The van der Waals surface area contributed by atoms with Gasteiger partial charge in [-0.15, -0.1) is 5.10 Å². The third-order valence-electron chi connectivity index (χ3n) is 3.83. The van der Waals surface area contributed by atoms with Crippen LogP contribution in [0.25, 0.3) is 5.78 Å². The number of para-hydroxylation sites is 1. The maximum Gasteiger partial charge on any atom is 0.378 e. The summed E-state index contributed by atoms with van der Waals surface area (Å²) < 4.78 is 11.3. The Balaban J connectivity index is 1.65. The highest BCUT2D eigenvalue weighted by atomic mass is 16.5. The fraction of sp³-hybridized carbons (Fsp3) is 0.263. The van der Waals surface area contributed by atoms with Gasteiger partial charge in [0.05, 0.1) is 17.9 Å². The Morgan fingerprint density at radius 3 is 2.59 bits per heavy atom. The third-order valence-corrected chi connectivity index (χ3v) is 3.83. The molecule has 0 aliphatic heterocycles.